The second kappa shape index (κ2) is 6.22. The van der Waals surface area contributed by atoms with Gasteiger partial charge in [0, 0.05) is 28.6 Å². The normalized spacial score (nSPS) is 16.6. The van der Waals surface area contributed by atoms with Crippen LogP contribution in [0.3, 0.4) is 0 Å². The highest BCUT2D eigenvalue weighted by Crippen LogP contribution is 2.29. The van der Waals surface area contributed by atoms with Crippen LogP contribution >= 0.6 is 31.9 Å². The van der Waals surface area contributed by atoms with Gasteiger partial charge >= 0.3 is 0 Å². The van der Waals surface area contributed by atoms with Crippen molar-refractivity contribution in [1.82, 2.24) is 9.62 Å². The van der Waals surface area contributed by atoms with Gasteiger partial charge in [0.25, 0.3) is 0 Å². The van der Waals surface area contributed by atoms with Crippen LogP contribution in [0.25, 0.3) is 0 Å². The lowest BCUT2D eigenvalue weighted by Crippen LogP contribution is -2.58. The molecule has 0 aliphatic carbocycles. The zero-order valence-electron chi connectivity index (χ0n) is 10.6. The lowest BCUT2D eigenvalue weighted by molar-refractivity contribution is 0.241. The zero-order chi connectivity index (χ0) is 14.0. The molecule has 0 bridgehead atoms. The Kier molecular flexibility index (Phi) is 5.05. The first-order chi connectivity index (χ1) is 8.96. The fourth-order valence-electron chi connectivity index (χ4n) is 2.00. The van der Waals surface area contributed by atoms with Crippen LogP contribution < -0.4 is 5.32 Å². The second-order valence-electron chi connectivity index (χ2n) is 4.50. The third kappa shape index (κ3) is 3.21. The quantitative estimate of drug-likeness (QED) is 0.809. The average molecular weight is 412 g/mol. The van der Waals surface area contributed by atoms with Gasteiger partial charge in [-0.3, -0.25) is 0 Å². The molecule has 1 aromatic rings. The van der Waals surface area contributed by atoms with Crippen molar-refractivity contribution < 1.29 is 8.42 Å². The Morgan fingerprint density at radius 2 is 2.05 bits per heavy atom. The maximum Gasteiger partial charge on any atom is 0.244 e. The molecule has 7 heteroatoms. The molecule has 1 aliphatic rings. The Bertz CT molecular complexity index is 559. The smallest absolute Gasteiger partial charge is 0.244 e. The minimum atomic E-state index is -3.46. The van der Waals surface area contributed by atoms with Crippen LogP contribution in [0, 0.1) is 0 Å². The van der Waals surface area contributed by atoms with E-state index in [1.165, 1.54) is 0 Å². The van der Waals surface area contributed by atoms with Gasteiger partial charge in [-0.05, 0) is 40.5 Å². The Morgan fingerprint density at radius 3 is 2.58 bits per heavy atom. The number of benzene rings is 1. The van der Waals surface area contributed by atoms with E-state index in [9.17, 15) is 8.42 Å². The monoisotopic (exact) mass is 410 g/mol. The highest BCUT2D eigenvalue weighted by atomic mass is 79.9. The largest absolute Gasteiger partial charge is 0.313 e. The van der Waals surface area contributed by atoms with Crippen molar-refractivity contribution in [2.24, 2.45) is 0 Å². The predicted octanol–water partition coefficient (Wildman–Crippen LogP) is 2.58. The van der Waals surface area contributed by atoms with Gasteiger partial charge in [-0.25, -0.2) is 8.42 Å². The van der Waals surface area contributed by atoms with Crippen molar-refractivity contribution in [3.63, 3.8) is 0 Å². The number of sulfonamides is 1. The molecular formula is C12H16Br2N2O2S. The lowest BCUT2D eigenvalue weighted by Gasteiger charge is -2.37. The van der Waals surface area contributed by atoms with Crippen LogP contribution in [0.2, 0.25) is 0 Å². The number of halogens is 2. The number of nitrogens with zero attached hydrogens (tertiary/aromatic N) is 1. The summed E-state index contributed by atoms with van der Waals surface area (Å²) in [5, 5.41) is 3.12. The molecule has 0 atom stereocenters. The van der Waals surface area contributed by atoms with Gasteiger partial charge in [-0.2, -0.15) is 4.31 Å². The number of hydrogen-bond acceptors (Lipinski definition) is 3. The highest BCUT2D eigenvalue weighted by molar-refractivity contribution is 9.11. The van der Waals surface area contributed by atoms with E-state index in [0.29, 0.717) is 15.9 Å². The summed E-state index contributed by atoms with van der Waals surface area (Å²) in [5.74, 6) is 0. The third-order valence-corrected chi connectivity index (χ3v) is 6.53. The predicted molar refractivity (Wildman–Crippen MR) is 82.7 cm³/mol. The molecule has 1 heterocycles. The Labute approximate surface area is 130 Å². The van der Waals surface area contributed by atoms with Crippen LogP contribution in [-0.2, 0) is 10.0 Å². The summed E-state index contributed by atoms with van der Waals surface area (Å²) in [7, 11) is -3.46. The van der Waals surface area contributed by atoms with Crippen LogP contribution in [0.4, 0.5) is 0 Å². The molecule has 4 nitrogen and oxygen atoms in total. The molecule has 1 saturated heterocycles. The summed E-state index contributed by atoms with van der Waals surface area (Å²) in [5.41, 5.74) is 0. The van der Waals surface area contributed by atoms with Gasteiger partial charge in [0.2, 0.25) is 10.0 Å². The molecule has 0 spiro atoms. The summed E-state index contributed by atoms with van der Waals surface area (Å²) >= 11 is 6.66. The van der Waals surface area contributed by atoms with Gasteiger partial charge in [0.05, 0.1) is 10.9 Å². The van der Waals surface area contributed by atoms with E-state index >= 15 is 0 Å². The first-order valence-corrected chi connectivity index (χ1v) is 9.17. The number of hydrogen-bond donors (Lipinski definition) is 1. The molecule has 1 fully saturated rings. The van der Waals surface area contributed by atoms with Crippen molar-refractivity contribution in [3.8, 4) is 0 Å². The van der Waals surface area contributed by atoms with Crippen molar-refractivity contribution in [2.45, 2.75) is 24.3 Å². The van der Waals surface area contributed by atoms with Crippen LogP contribution in [-0.4, -0.2) is 38.4 Å². The van der Waals surface area contributed by atoms with Crippen LogP contribution in [0.5, 0.6) is 0 Å². The molecule has 0 amide bonds. The van der Waals surface area contributed by atoms with Crippen LogP contribution in [0.15, 0.2) is 32.0 Å². The average Bonchev–Trinajstić information content (AvgIpc) is 2.29. The SMILES string of the molecule is CCCN(C1CNC1)S(=O)(=O)c1cc(Br)ccc1Br. The molecule has 1 aliphatic heterocycles. The first-order valence-electron chi connectivity index (χ1n) is 6.14. The minimum absolute atomic E-state index is 0.0656. The van der Waals surface area contributed by atoms with Crippen molar-refractivity contribution >= 4 is 41.9 Å². The zero-order valence-corrected chi connectivity index (χ0v) is 14.6. The molecule has 106 valence electrons. The molecule has 0 saturated carbocycles. The van der Waals surface area contributed by atoms with Gasteiger partial charge in [0.15, 0.2) is 0 Å². The number of nitrogens with one attached hydrogen (secondary N) is 1. The fraction of sp³-hybridized carbons (Fsp3) is 0.500. The molecule has 1 N–H and O–H groups in total. The van der Waals surface area contributed by atoms with Gasteiger partial charge in [-0.15, -0.1) is 0 Å². The van der Waals surface area contributed by atoms with E-state index in [2.05, 4.69) is 37.2 Å². The third-order valence-electron chi connectivity index (χ3n) is 3.09. The molecule has 2 rings (SSSR count). The van der Waals surface area contributed by atoms with E-state index in [1.807, 2.05) is 13.0 Å². The summed E-state index contributed by atoms with van der Waals surface area (Å²) < 4.78 is 28.5. The lowest BCUT2D eigenvalue weighted by atomic mass is 10.2. The maximum atomic E-state index is 12.8. The molecule has 0 radical (unpaired) electrons. The first kappa shape index (κ1) is 15.4. The summed E-state index contributed by atoms with van der Waals surface area (Å²) in [6, 6.07) is 5.28. The highest BCUT2D eigenvalue weighted by Gasteiger charge is 2.35. The molecule has 0 aromatic heterocycles. The van der Waals surface area contributed by atoms with E-state index in [0.717, 1.165) is 24.0 Å². The molecule has 1 aromatic carbocycles. The van der Waals surface area contributed by atoms with Crippen LogP contribution in [0.1, 0.15) is 13.3 Å². The van der Waals surface area contributed by atoms with E-state index in [4.69, 9.17) is 0 Å². The summed E-state index contributed by atoms with van der Waals surface area (Å²) in [6.07, 6.45) is 0.807. The van der Waals surface area contributed by atoms with Crippen molar-refractivity contribution in [2.75, 3.05) is 19.6 Å². The van der Waals surface area contributed by atoms with Gasteiger partial charge in [-0.1, -0.05) is 22.9 Å². The van der Waals surface area contributed by atoms with Crippen molar-refractivity contribution in [3.05, 3.63) is 27.1 Å². The molecule has 0 unspecified atom stereocenters. The second-order valence-corrected chi connectivity index (χ2v) is 8.13. The summed E-state index contributed by atoms with van der Waals surface area (Å²) in [6.45, 7) is 3.99. The maximum absolute atomic E-state index is 12.8. The summed E-state index contributed by atoms with van der Waals surface area (Å²) in [4.78, 5) is 0.322. The van der Waals surface area contributed by atoms with Gasteiger partial charge < -0.3 is 5.32 Å². The fourth-order valence-corrected chi connectivity index (χ4v) is 5.18. The van der Waals surface area contributed by atoms with E-state index in [1.54, 1.807) is 16.4 Å². The number of rotatable bonds is 5. The van der Waals surface area contributed by atoms with Gasteiger partial charge in [0.1, 0.15) is 0 Å². The van der Waals surface area contributed by atoms with E-state index in [-0.39, 0.29) is 6.04 Å². The standard InChI is InChI=1S/C12H16Br2N2O2S/c1-2-5-16(10-7-15-8-10)19(17,18)12-6-9(13)3-4-11(12)14/h3-4,6,10,15H,2,5,7-8H2,1H3. The Hall–Kier alpha value is 0.0500. The molecule has 19 heavy (non-hydrogen) atoms. The topological polar surface area (TPSA) is 49.4 Å². The Balaban J connectivity index is 2.40. The Morgan fingerprint density at radius 1 is 1.37 bits per heavy atom. The minimum Gasteiger partial charge on any atom is -0.313 e. The molecular weight excluding hydrogens is 396 g/mol. The van der Waals surface area contributed by atoms with Crippen molar-refractivity contribution in [1.29, 1.82) is 0 Å². The van der Waals surface area contributed by atoms with E-state index < -0.39 is 10.0 Å².